The molecule has 1 unspecified atom stereocenters. The van der Waals surface area contributed by atoms with Crippen molar-refractivity contribution >= 4 is 22.9 Å². The number of rotatable bonds is 5. The van der Waals surface area contributed by atoms with Crippen LogP contribution in [0.4, 0.5) is 18.9 Å². The van der Waals surface area contributed by atoms with Crippen molar-refractivity contribution in [3.8, 4) is 0 Å². The van der Waals surface area contributed by atoms with E-state index in [1.165, 1.54) is 6.07 Å². The first-order valence-electron chi connectivity index (χ1n) is 6.44. The van der Waals surface area contributed by atoms with Crippen molar-refractivity contribution in [2.24, 2.45) is 11.7 Å². The maximum atomic E-state index is 12.7. The molecule has 0 saturated carbocycles. The van der Waals surface area contributed by atoms with Gasteiger partial charge in [-0.15, -0.1) is 0 Å². The average molecular weight is 304 g/mol. The number of nitrogens with two attached hydrogens (primary N) is 1. The second kappa shape index (κ2) is 6.43. The van der Waals surface area contributed by atoms with Crippen LogP contribution in [0.25, 0.3) is 0 Å². The fourth-order valence-electron chi connectivity index (χ4n) is 1.99. The zero-order chi connectivity index (χ0) is 15.5. The highest BCUT2D eigenvalue weighted by molar-refractivity contribution is 7.80. The lowest BCUT2D eigenvalue weighted by atomic mass is 10.00. The molecule has 0 amide bonds. The zero-order valence-corrected chi connectivity index (χ0v) is 12.5. The third kappa shape index (κ3) is 4.10. The normalized spacial score (nSPS) is 13.3. The summed E-state index contributed by atoms with van der Waals surface area (Å²) < 4.78 is 38.1. The molecule has 0 heterocycles. The van der Waals surface area contributed by atoms with Crippen LogP contribution in [-0.4, -0.2) is 11.0 Å². The summed E-state index contributed by atoms with van der Waals surface area (Å²) in [7, 11) is 0. The molecule has 1 atom stereocenters. The van der Waals surface area contributed by atoms with Crippen LogP contribution in [0.2, 0.25) is 0 Å². The first kappa shape index (κ1) is 16.8. The molecule has 0 radical (unpaired) electrons. The Labute approximate surface area is 122 Å². The minimum absolute atomic E-state index is 0.0443. The summed E-state index contributed by atoms with van der Waals surface area (Å²) in [6, 6.07) is 3.58. The number of halogens is 3. The molecule has 3 N–H and O–H groups in total. The number of benzene rings is 1. The van der Waals surface area contributed by atoms with Crippen LogP contribution < -0.4 is 11.1 Å². The molecule has 112 valence electrons. The highest BCUT2D eigenvalue weighted by Crippen LogP contribution is 2.32. The van der Waals surface area contributed by atoms with Crippen LogP contribution in [0.3, 0.4) is 0 Å². The lowest BCUT2D eigenvalue weighted by Gasteiger charge is -2.24. The molecule has 2 nitrogen and oxygen atoms in total. The van der Waals surface area contributed by atoms with Crippen LogP contribution in [0, 0.1) is 5.92 Å². The molecular formula is C14H19F3N2S. The summed E-state index contributed by atoms with van der Waals surface area (Å²) in [5.74, 6) is 0.349. The van der Waals surface area contributed by atoms with Crippen LogP contribution >= 0.6 is 12.2 Å². The van der Waals surface area contributed by atoms with Gasteiger partial charge in [-0.1, -0.05) is 33.0 Å². The zero-order valence-electron chi connectivity index (χ0n) is 11.7. The van der Waals surface area contributed by atoms with E-state index in [-0.39, 0.29) is 16.6 Å². The topological polar surface area (TPSA) is 38.0 Å². The Morgan fingerprint density at radius 1 is 1.35 bits per heavy atom. The fraction of sp³-hybridized carbons (Fsp3) is 0.500. The van der Waals surface area contributed by atoms with E-state index < -0.39 is 11.7 Å². The van der Waals surface area contributed by atoms with Gasteiger partial charge < -0.3 is 11.1 Å². The molecule has 1 aromatic rings. The molecule has 0 aliphatic rings. The van der Waals surface area contributed by atoms with Gasteiger partial charge >= 0.3 is 6.18 Å². The van der Waals surface area contributed by atoms with Crippen molar-refractivity contribution in [2.45, 2.75) is 39.4 Å². The van der Waals surface area contributed by atoms with Crippen molar-refractivity contribution in [2.75, 3.05) is 5.32 Å². The number of hydrogen-bond acceptors (Lipinski definition) is 2. The lowest BCUT2D eigenvalue weighted by molar-refractivity contribution is -0.137. The molecule has 0 aliphatic heterocycles. The van der Waals surface area contributed by atoms with Crippen LogP contribution in [0.15, 0.2) is 18.2 Å². The fourth-order valence-corrected chi connectivity index (χ4v) is 2.16. The van der Waals surface area contributed by atoms with E-state index in [9.17, 15) is 13.2 Å². The maximum absolute atomic E-state index is 12.7. The molecule has 1 aromatic carbocycles. The van der Waals surface area contributed by atoms with Gasteiger partial charge in [0.15, 0.2) is 0 Å². The molecule has 0 saturated heterocycles. The van der Waals surface area contributed by atoms with E-state index in [2.05, 4.69) is 5.32 Å². The summed E-state index contributed by atoms with van der Waals surface area (Å²) in [4.78, 5) is -0.0443. The molecule has 0 spiro atoms. The monoisotopic (exact) mass is 304 g/mol. The Morgan fingerprint density at radius 2 is 1.95 bits per heavy atom. The van der Waals surface area contributed by atoms with Gasteiger partial charge in [-0.25, -0.2) is 0 Å². The van der Waals surface area contributed by atoms with Crippen molar-refractivity contribution in [3.05, 3.63) is 29.3 Å². The Kier molecular flexibility index (Phi) is 5.39. The van der Waals surface area contributed by atoms with Crippen molar-refractivity contribution in [1.82, 2.24) is 0 Å². The van der Waals surface area contributed by atoms with Gasteiger partial charge in [-0.2, -0.15) is 13.2 Å². The summed E-state index contributed by atoms with van der Waals surface area (Å²) in [5, 5.41) is 3.22. The van der Waals surface area contributed by atoms with E-state index in [1.807, 2.05) is 20.8 Å². The quantitative estimate of drug-likeness (QED) is 0.801. The predicted molar refractivity (Wildman–Crippen MR) is 79.9 cm³/mol. The SMILES string of the molecule is CCC(Nc1ccc(C(F)(F)F)cc1C(N)=S)C(C)C. The Hall–Kier alpha value is -1.30. The molecule has 1 rings (SSSR count). The smallest absolute Gasteiger partial charge is 0.389 e. The molecular weight excluding hydrogens is 285 g/mol. The Bertz CT molecular complexity index is 484. The van der Waals surface area contributed by atoms with Gasteiger partial charge in [-0.05, 0) is 30.5 Å². The number of hydrogen-bond donors (Lipinski definition) is 2. The van der Waals surface area contributed by atoms with Crippen molar-refractivity contribution in [3.63, 3.8) is 0 Å². The van der Waals surface area contributed by atoms with E-state index in [4.69, 9.17) is 18.0 Å². The Balaban J connectivity index is 3.17. The highest BCUT2D eigenvalue weighted by Gasteiger charge is 2.31. The molecule has 0 aromatic heterocycles. The minimum Gasteiger partial charge on any atom is -0.389 e. The molecule has 6 heteroatoms. The van der Waals surface area contributed by atoms with Crippen molar-refractivity contribution in [1.29, 1.82) is 0 Å². The number of nitrogens with one attached hydrogen (secondary N) is 1. The van der Waals surface area contributed by atoms with Gasteiger partial charge in [0, 0.05) is 17.3 Å². The van der Waals surface area contributed by atoms with Gasteiger partial charge in [-0.3, -0.25) is 0 Å². The number of thiocarbonyl (C=S) groups is 1. The first-order valence-corrected chi connectivity index (χ1v) is 6.85. The van der Waals surface area contributed by atoms with Crippen LogP contribution in [0.5, 0.6) is 0 Å². The molecule has 20 heavy (non-hydrogen) atoms. The molecule has 0 bridgehead atoms. The first-order chi connectivity index (χ1) is 9.16. The molecule has 0 aliphatic carbocycles. The van der Waals surface area contributed by atoms with Crippen LogP contribution in [0.1, 0.15) is 38.3 Å². The minimum atomic E-state index is -4.40. The molecule has 0 fully saturated rings. The lowest BCUT2D eigenvalue weighted by Crippen LogP contribution is -2.26. The number of anilines is 1. The summed E-state index contributed by atoms with van der Waals surface area (Å²) in [5.41, 5.74) is 5.58. The van der Waals surface area contributed by atoms with E-state index >= 15 is 0 Å². The van der Waals surface area contributed by atoms with E-state index in [0.29, 0.717) is 11.6 Å². The summed E-state index contributed by atoms with van der Waals surface area (Å²) in [6.07, 6.45) is -3.55. The third-order valence-electron chi connectivity index (χ3n) is 3.20. The summed E-state index contributed by atoms with van der Waals surface area (Å²) >= 11 is 4.86. The van der Waals surface area contributed by atoms with Gasteiger partial charge in [0.2, 0.25) is 0 Å². The van der Waals surface area contributed by atoms with Gasteiger partial charge in [0.25, 0.3) is 0 Å². The largest absolute Gasteiger partial charge is 0.416 e. The highest BCUT2D eigenvalue weighted by atomic mass is 32.1. The summed E-state index contributed by atoms with van der Waals surface area (Å²) in [6.45, 7) is 6.11. The Morgan fingerprint density at radius 3 is 2.35 bits per heavy atom. The average Bonchev–Trinajstić information content (AvgIpc) is 2.34. The second-order valence-electron chi connectivity index (χ2n) is 5.03. The van der Waals surface area contributed by atoms with Crippen molar-refractivity contribution < 1.29 is 13.2 Å². The second-order valence-corrected chi connectivity index (χ2v) is 5.47. The van der Waals surface area contributed by atoms with Gasteiger partial charge in [0.1, 0.15) is 4.99 Å². The van der Waals surface area contributed by atoms with Gasteiger partial charge in [0.05, 0.1) is 5.56 Å². The van der Waals surface area contributed by atoms with Crippen LogP contribution in [-0.2, 0) is 6.18 Å². The third-order valence-corrected chi connectivity index (χ3v) is 3.42. The standard InChI is InChI=1S/C14H19F3N2S/c1-4-11(8(2)3)19-12-6-5-9(14(15,16)17)7-10(12)13(18)20/h5-8,11,19H,4H2,1-3H3,(H2,18,20). The maximum Gasteiger partial charge on any atom is 0.416 e. The van der Waals surface area contributed by atoms with E-state index in [1.54, 1.807) is 0 Å². The predicted octanol–water partition coefficient (Wildman–Crippen LogP) is 4.19. The number of alkyl halides is 3. The van der Waals surface area contributed by atoms with E-state index in [0.717, 1.165) is 18.6 Å².